The monoisotopic (exact) mass is 326 g/mol. The fourth-order valence-electron chi connectivity index (χ4n) is 2.47. The SMILES string of the molecule is CC(O)CCN(C)C(=O)NCCc1cccc(-c2ccccc2)c1. The zero-order valence-electron chi connectivity index (χ0n) is 14.4. The van der Waals surface area contributed by atoms with Gasteiger partial charge in [-0.3, -0.25) is 0 Å². The van der Waals surface area contributed by atoms with E-state index in [4.69, 9.17) is 0 Å². The Hall–Kier alpha value is -2.33. The minimum absolute atomic E-state index is 0.102. The van der Waals surface area contributed by atoms with Crippen LogP contribution in [0.5, 0.6) is 0 Å². The second kappa shape index (κ2) is 9.08. The summed E-state index contributed by atoms with van der Waals surface area (Å²) in [6, 6.07) is 18.6. The maximum absolute atomic E-state index is 12.0. The highest BCUT2D eigenvalue weighted by molar-refractivity contribution is 5.73. The number of urea groups is 1. The Labute approximate surface area is 144 Å². The lowest BCUT2D eigenvalue weighted by molar-refractivity contribution is 0.163. The van der Waals surface area contributed by atoms with E-state index in [1.165, 1.54) is 16.7 Å². The van der Waals surface area contributed by atoms with Crippen LogP contribution in [0.2, 0.25) is 0 Å². The second-order valence-electron chi connectivity index (χ2n) is 6.11. The number of aliphatic hydroxyl groups is 1. The molecule has 2 aromatic rings. The minimum atomic E-state index is -0.388. The van der Waals surface area contributed by atoms with Crippen LogP contribution >= 0.6 is 0 Å². The number of benzene rings is 2. The maximum Gasteiger partial charge on any atom is 0.317 e. The summed E-state index contributed by atoms with van der Waals surface area (Å²) >= 11 is 0. The molecule has 128 valence electrons. The lowest BCUT2D eigenvalue weighted by Crippen LogP contribution is -2.39. The van der Waals surface area contributed by atoms with Crippen molar-refractivity contribution < 1.29 is 9.90 Å². The second-order valence-corrected chi connectivity index (χ2v) is 6.11. The molecule has 2 amide bonds. The molecule has 0 bridgehead atoms. The Morgan fingerprint density at radius 1 is 1.12 bits per heavy atom. The number of hydrogen-bond donors (Lipinski definition) is 2. The van der Waals surface area contributed by atoms with Gasteiger partial charge in [-0.25, -0.2) is 4.79 Å². The number of aliphatic hydroxyl groups excluding tert-OH is 1. The topological polar surface area (TPSA) is 52.6 Å². The molecule has 0 aliphatic rings. The molecule has 0 radical (unpaired) electrons. The van der Waals surface area contributed by atoms with Crippen LogP contribution in [0.3, 0.4) is 0 Å². The standard InChI is InChI=1S/C20H26N2O2/c1-16(23)12-14-22(2)20(24)21-13-11-17-7-6-10-19(15-17)18-8-4-3-5-9-18/h3-10,15-16,23H,11-14H2,1-2H3,(H,21,24). The molecule has 4 nitrogen and oxygen atoms in total. The quantitative estimate of drug-likeness (QED) is 0.820. The molecule has 2 rings (SSSR count). The molecule has 1 unspecified atom stereocenters. The third-order valence-corrected chi connectivity index (χ3v) is 3.95. The van der Waals surface area contributed by atoms with Crippen LogP contribution in [-0.4, -0.2) is 42.3 Å². The molecular weight excluding hydrogens is 300 g/mol. The van der Waals surface area contributed by atoms with Crippen LogP contribution < -0.4 is 5.32 Å². The number of nitrogens with zero attached hydrogens (tertiary/aromatic N) is 1. The molecule has 0 aliphatic carbocycles. The Morgan fingerprint density at radius 3 is 2.54 bits per heavy atom. The molecule has 24 heavy (non-hydrogen) atoms. The Balaban J connectivity index is 1.83. The number of hydrogen-bond acceptors (Lipinski definition) is 2. The van der Waals surface area contributed by atoms with Gasteiger partial charge in [-0.15, -0.1) is 0 Å². The number of nitrogens with one attached hydrogen (secondary N) is 1. The molecule has 2 N–H and O–H groups in total. The predicted octanol–water partition coefficient (Wildman–Crippen LogP) is 3.31. The van der Waals surface area contributed by atoms with Gasteiger partial charge in [-0.2, -0.15) is 0 Å². The lowest BCUT2D eigenvalue weighted by Gasteiger charge is -2.18. The van der Waals surface area contributed by atoms with Crippen LogP contribution in [0.1, 0.15) is 18.9 Å². The van der Waals surface area contributed by atoms with Crippen molar-refractivity contribution >= 4 is 6.03 Å². The van der Waals surface area contributed by atoms with Gasteiger partial charge in [-0.05, 0) is 36.5 Å². The van der Waals surface area contributed by atoms with Crippen LogP contribution in [0.4, 0.5) is 4.79 Å². The van der Waals surface area contributed by atoms with Crippen LogP contribution in [-0.2, 0) is 6.42 Å². The van der Waals surface area contributed by atoms with E-state index in [1.807, 2.05) is 24.3 Å². The van der Waals surface area contributed by atoms with E-state index in [0.717, 1.165) is 6.42 Å². The highest BCUT2D eigenvalue weighted by Crippen LogP contribution is 2.20. The van der Waals surface area contributed by atoms with Crippen molar-refractivity contribution in [2.24, 2.45) is 0 Å². The van der Waals surface area contributed by atoms with E-state index in [9.17, 15) is 9.90 Å². The van der Waals surface area contributed by atoms with Crippen molar-refractivity contribution in [3.8, 4) is 11.1 Å². The van der Waals surface area contributed by atoms with E-state index >= 15 is 0 Å². The summed E-state index contributed by atoms with van der Waals surface area (Å²) in [5, 5.41) is 12.2. The number of amides is 2. The first-order chi connectivity index (χ1) is 11.6. The van der Waals surface area contributed by atoms with E-state index < -0.39 is 0 Å². The van der Waals surface area contributed by atoms with Crippen molar-refractivity contribution in [1.82, 2.24) is 10.2 Å². The van der Waals surface area contributed by atoms with Gasteiger partial charge >= 0.3 is 6.03 Å². The van der Waals surface area contributed by atoms with E-state index in [1.54, 1.807) is 18.9 Å². The Kier molecular flexibility index (Phi) is 6.82. The van der Waals surface area contributed by atoms with Gasteiger partial charge in [0.15, 0.2) is 0 Å². The average molecular weight is 326 g/mol. The average Bonchev–Trinajstić information content (AvgIpc) is 2.60. The first kappa shape index (κ1) is 18.0. The molecule has 0 saturated carbocycles. The van der Waals surface area contributed by atoms with Gasteiger partial charge in [0.2, 0.25) is 0 Å². The van der Waals surface area contributed by atoms with Crippen molar-refractivity contribution in [3.05, 3.63) is 60.2 Å². The molecule has 2 aromatic carbocycles. The highest BCUT2D eigenvalue weighted by atomic mass is 16.3. The van der Waals surface area contributed by atoms with Gasteiger partial charge in [0.1, 0.15) is 0 Å². The van der Waals surface area contributed by atoms with Gasteiger partial charge in [0.25, 0.3) is 0 Å². The first-order valence-electron chi connectivity index (χ1n) is 8.37. The van der Waals surface area contributed by atoms with Gasteiger partial charge in [0, 0.05) is 20.1 Å². The summed E-state index contributed by atoms with van der Waals surface area (Å²) in [4.78, 5) is 13.6. The number of carbonyl (C=O) groups excluding carboxylic acids is 1. The number of carbonyl (C=O) groups is 1. The molecule has 0 saturated heterocycles. The van der Waals surface area contributed by atoms with Crippen molar-refractivity contribution in [2.45, 2.75) is 25.9 Å². The van der Waals surface area contributed by atoms with Crippen molar-refractivity contribution in [3.63, 3.8) is 0 Å². The molecular formula is C20H26N2O2. The molecule has 0 heterocycles. The summed E-state index contributed by atoms with van der Waals surface area (Å²) < 4.78 is 0. The third kappa shape index (κ3) is 5.70. The summed E-state index contributed by atoms with van der Waals surface area (Å²) in [5.41, 5.74) is 3.58. The van der Waals surface area contributed by atoms with Gasteiger partial charge < -0.3 is 15.3 Å². The predicted molar refractivity (Wildman–Crippen MR) is 97.9 cm³/mol. The first-order valence-corrected chi connectivity index (χ1v) is 8.37. The zero-order chi connectivity index (χ0) is 17.4. The molecule has 0 spiro atoms. The van der Waals surface area contributed by atoms with Crippen molar-refractivity contribution in [2.75, 3.05) is 20.1 Å². The smallest absolute Gasteiger partial charge is 0.317 e. The van der Waals surface area contributed by atoms with Gasteiger partial charge in [0.05, 0.1) is 6.10 Å². The zero-order valence-corrected chi connectivity index (χ0v) is 14.4. The van der Waals surface area contributed by atoms with Crippen LogP contribution in [0.15, 0.2) is 54.6 Å². The molecule has 0 aromatic heterocycles. The molecule has 1 atom stereocenters. The molecule has 4 heteroatoms. The summed E-state index contributed by atoms with van der Waals surface area (Å²) in [5.74, 6) is 0. The van der Waals surface area contributed by atoms with Crippen molar-refractivity contribution in [1.29, 1.82) is 0 Å². The fraction of sp³-hybridized carbons (Fsp3) is 0.350. The Bertz CT molecular complexity index is 641. The van der Waals surface area contributed by atoms with Gasteiger partial charge in [-0.1, -0.05) is 54.6 Å². The highest BCUT2D eigenvalue weighted by Gasteiger charge is 2.08. The number of rotatable bonds is 7. The third-order valence-electron chi connectivity index (χ3n) is 3.95. The van der Waals surface area contributed by atoms with Crippen LogP contribution in [0.25, 0.3) is 11.1 Å². The fourth-order valence-corrected chi connectivity index (χ4v) is 2.47. The largest absolute Gasteiger partial charge is 0.393 e. The maximum atomic E-state index is 12.0. The minimum Gasteiger partial charge on any atom is -0.393 e. The van der Waals surface area contributed by atoms with Crippen LogP contribution in [0, 0.1) is 0 Å². The molecule has 0 fully saturated rings. The summed E-state index contributed by atoms with van der Waals surface area (Å²) in [6.45, 7) is 2.87. The summed E-state index contributed by atoms with van der Waals surface area (Å²) in [6.07, 6.45) is 0.987. The van der Waals surface area contributed by atoms with E-state index in [-0.39, 0.29) is 12.1 Å². The van der Waals surface area contributed by atoms with E-state index in [0.29, 0.717) is 19.5 Å². The van der Waals surface area contributed by atoms with E-state index in [2.05, 4.69) is 35.6 Å². The lowest BCUT2D eigenvalue weighted by atomic mass is 10.0. The Morgan fingerprint density at radius 2 is 1.83 bits per heavy atom. The molecule has 0 aliphatic heterocycles. The normalized spacial score (nSPS) is 11.8. The summed E-state index contributed by atoms with van der Waals surface area (Å²) in [7, 11) is 1.74.